The van der Waals surface area contributed by atoms with E-state index in [2.05, 4.69) is 4.98 Å². The van der Waals surface area contributed by atoms with Gasteiger partial charge in [-0.25, -0.2) is 0 Å². The minimum Gasteiger partial charge on any atom is -0.356 e. The van der Waals surface area contributed by atoms with Crippen molar-refractivity contribution in [1.82, 2.24) is 4.98 Å². The van der Waals surface area contributed by atoms with Crippen LogP contribution in [0.15, 0.2) is 6.07 Å². The molecular formula is C9H9NO2. The van der Waals surface area contributed by atoms with Crippen LogP contribution in [0, 0.1) is 0 Å². The van der Waals surface area contributed by atoms with E-state index in [0.29, 0.717) is 17.7 Å². The number of Topliss-reactive ketones (excluding diaryl/α,β-unsaturated/α-hetero) is 1. The largest absolute Gasteiger partial charge is 0.356 e. The molecule has 62 valence electrons. The number of fused-ring (bicyclic) bond motifs is 1. The van der Waals surface area contributed by atoms with Crippen molar-refractivity contribution < 1.29 is 9.59 Å². The summed E-state index contributed by atoms with van der Waals surface area (Å²) in [5, 5.41) is 0. The van der Waals surface area contributed by atoms with Crippen LogP contribution in [0.5, 0.6) is 0 Å². The smallest absolute Gasteiger partial charge is 0.166 e. The molecule has 0 amide bonds. The molecule has 12 heavy (non-hydrogen) atoms. The average Bonchev–Trinajstić information content (AvgIpc) is 2.49. The predicted octanol–water partition coefficient (Wildman–Crippen LogP) is 1.35. The van der Waals surface area contributed by atoms with E-state index in [1.54, 1.807) is 6.07 Å². The fraction of sp³-hybridized carbons (Fsp3) is 0.333. The Morgan fingerprint density at radius 3 is 2.92 bits per heavy atom. The van der Waals surface area contributed by atoms with Gasteiger partial charge >= 0.3 is 0 Å². The van der Waals surface area contributed by atoms with E-state index in [-0.39, 0.29) is 5.78 Å². The van der Waals surface area contributed by atoms with Crippen molar-refractivity contribution in [1.29, 1.82) is 0 Å². The zero-order valence-electron chi connectivity index (χ0n) is 6.59. The van der Waals surface area contributed by atoms with Gasteiger partial charge in [0.25, 0.3) is 0 Å². The third-order valence-corrected chi connectivity index (χ3v) is 2.18. The van der Waals surface area contributed by atoms with Crippen molar-refractivity contribution in [3.8, 4) is 0 Å². The quantitative estimate of drug-likeness (QED) is 0.635. The molecule has 1 aliphatic carbocycles. The molecule has 0 bridgehead atoms. The molecule has 1 N–H and O–H groups in total. The zero-order chi connectivity index (χ0) is 8.55. The van der Waals surface area contributed by atoms with Crippen molar-refractivity contribution in [3.63, 3.8) is 0 Å². The molecule has 0 unspecified atom stereocenters. The second-order valence-electron chi connectivity index (χ2n) is 3.01. The first kappa shape index (κ1) is 7.28. The Labute approximate surface area is 69.8 Å². The van der Waals surface area contributed by atoms with Gasteiger partial charge in [-0.1, -0.05) is 0 Å². The molecule has 0 saturated heterocycles. The maximum atomic E-state index is 11.3. The SMILES string of the molecule is O=Cc1cc2c([nH]1)CCCC2=O. The molecule has 1 aromatic rings. The Hall–Kier alpha value is -1.38. The van der Waals surface area contributed by atoms with Gasteiger partial charge in [0.05, 0.1) is 5.69 Å². The highest BCUT2D eigenvalue weighted by Gasteiger charge is 2.19. The molecule has 1 aliphatic rings. The fourth-order valence-corrected chi connectivity index (χ4v) is 1.59. The summed E-state index contributed by atoms with van der Waals surface area (Å²) in [6.45, 7) is 0. The number of aromatic amines is 1. The topological polar surface area (TPSA) is 49.9 Å². The van der Waals surface area contributed by atoms with E-state index in [0.717, 1.165) is 24.8 Å². The third kappa shape index (κ3) is 0.978. The zero-order valence-corrected chi connectivity index (χ0v) is 6.59. The van der Waals surface area contributed by atoms with E-state index in [1.807, 2.05) is 0 Å². The average molecular weight is 163 g/mol. The van der Waals surface area contributed by atoms with Crippen LogP contribution >= 0.6 is 0 Å². The Bertz CT molecular complexity index is 338. The van der Waals surface area contributed by atoms with Crippen molar-refractivity contribution >= 4 is 12.1 Å². The number of H-pyrrole nitrogens is 1. The molecule has 0 aliphatic heterocycles. The number of hydrogen-bond acceptors (Lipinski definition) is 2. The summed E-state index contributed by atoms with van der Waals surface area (Å²) in [6.07, 6.45) is 3.13. The Balaban J connectivity index is 2.50. The van der Waals surface area contributed by atoms with Gasteiger partial charge in [0.2, 0.25) is 0 Å². The molecule has 3 heteroatoms. The van der Waals surface area contributed by atoms with Crippen LogP contribution < -0.4 is 0 Å². The van der Waals surface area contributed by atoms with E-state index >= 15 is 0 Å². The van der Waals surface area contributed by atoms with E-state index in [9.17, 15) is 9.59 Å². The van der Waals surface area contributed by atoms with Crippen molar-refractivity contribution in [3.05, 3.63) is 23.0 Å². The van der Waals surface area contributed by atoms with E-state index in [1.165, 1.54) is 0 Å². The van der Waals surface area contributed by atoms with Crippen LogP contribution in [0.25, 0.3) is 0 Å². The van der Waals surface area contributed by atoms with Gasteiger partial charge in [-0.15, -0.1) is 0 Å². The number of aromatic nitrogens is 1. The van der Waals surface area contributed by atoms with Gasteiger partial charge in [0.15, 0.2) is 12.1 Å². The van der Waals surface area contributed by atoms with Crippen LogP contribution in [0.3, 0.4) is 0 Å². The summed E-state index contributed by atoms with van der Waals surface area (Å²) in [5.74, 6) is 0.153. The molecule has 2 rings (SSSR count). The molecule has 0 atom stereocenters. The minimum atomic E-state index is 0.153. The van der Waals surface area contributed by atoms with Crippen molar-refractivity contribution in [2.45, 2.75) is 19.3 Å². The Kier molecular flexibility index (Phi) is 1.57. The molecule has 0 fully saturated rings. The summed E-state index contributed by atoms with van der Waals surface area (Å²) in [6, 6.07) is 1.64. The first-order valence-corrected chi connectivity index (χ1v) is 4.01. The number of nitrogens with one attached hydrogen (secondary N) is 1. The molecule has 1 aromatic heterocycles. The Morgan fingerprint density at radius 2 is 2.25 bits per heavy atom. The van der Waals surface area contributed by atoms with Gasteiger partial charge in [-0.05, 0) is 18.9 Å². The molecule has 0 aromatic carbocycles. The summed E-state index contributed by atoms with van der Waals surface area (Å²) in [7, 11) is 0. The minimum absolute atomic E-state index is 0.153. The number of ketones is 1. The number of rotatable bonds is 1. The van der Waals surface area contributed by atoms with Gasteiger partial charge in [-0.2, -0.15) is 0 Å². The third-order valence-electron chi connectivity index (χ3n) is 2.18. The second-order valence-corrected chi connectivity index (χ2v) is 3.01. The Morgan fingerprint density at radius 1 is 1.42 bits per heavy atom. The van der Waals surface area contributed by atoms with E-state index < -0.39 is 0 Å². The summed E-state index contributed by atoms with van der Waals surface area (Å²) in [5.41, 5.74) is 2.15. The van der Waals surface area contributed by atoms with Gasteiger partial charge in [0, 0.05) is 17.7 Å². The van der Waals surface area contributed by atoms with Gasteiger partial charge < -0.3 is 4.98 Å². The number of aryl methyl sites for hydroxylation is 1. The molecule has 0 radical (unpaired) electrons. The molecule has 0 spiro atoms. The lowest BCUT2D eigenvalue weighted by Gasteiger charge is -2.08. The van der Waals surface area contributed by atoms with Crippen molar-refractivity contribution in [2.75, 3.05) is 0 Å². The van der Waals surface area contributed by atoms with Crippen LogP contribution in [0.1, 0.15) is 39.4 Å². The maximum absolute atomic E-state index is 11.3. The van der Waals surface area contributed by atoms with Gasteiger partial charge in [-0.3, -0.25) is 9.59 Å². The highest BCUT2D eigenvalue weighted by molar-refractivity contribution is 5.99. The van der Waals surface area contributed by atoms with Crippen LogP contribution in [-0.2, 0) is 6.42 Å². The highest BCUT2D eigenvalue weighted by atomic mass is 16.1. The highest BCUT2D eigenvalue weighted by Crippen LogP contribution is 2.20. The monoisotopic (exact) mass is 163 g/mol. The summed E-state index contributed by atoms with van der Waals surface area (Å²) in [4.78, 5) is 24.6. The first-order valence-electron chi connectivity index (χ1n) is 4.01. The lowest BCUT2D eigenvalue weighted by atomic mass is 9.97. The molecule has 0 saturated carbocycles. The first-order chi connectivity index (χ1) is 5.81. The number of carbonyl (C=O) groups excluding carboxylic acids is 2. The van der Waals surface area contributed by atoms with Crippen LogP contribution in [0.4, 0.5) is 0 Å². The summed E-state index contributed by atoms with van der Waals surface area (Å²) < 4.78 is 0. The normalized spacial score (nSPS) is 15.8. The van der Waals surface area contributed by atoms with E-state index in [4.69, 9.17) is 0 Å². The summed E-state index contributed by atoms with van der Waals surface area (Å²) >= 11 is 0. The lowest BCUT2D eigenvalue weighted by molar-refractivity contribution is 0.0972. The maximum Gasteiger partial charge on any atom is 0.166 e. The molecular weight excluding hydrogens is 154 g/mol. The second kappa shape index (κ2) is 2.59. The van der Waals surface area contributed by atoms with Gasteiger partial charge in [0.1, 0.15) is 0 Å². The van der Waals surface area contributed by atoms with Crippen LogP contribution in [-0.4, -0.2) is 17.1 Å². The number of aldehydes is 1. The number of carbonyl (C=O) groups is 2. The predicted molar refractivity (Wildman–Crippen MR) is 43.4 cm³/mol. The standard InChI is InChI=1S/C9H9NO2/c11-5-6-4-7-8(10-6)2-1-3-9(7)12/h4-5,10H,1-3H2. The van der Waals surface area contributed by atoms with Crippen LogP contribution in [0.2, 0.25) is 0 Å². The lowest BCUT2D eigenvalue weighted by Crippen LogP contribution is -2.08. The number of hydrogen-bond donors (Lipinski definition) is 1. The molecule has 1 heterocycles. The van der Waals surface area contributed by atoms with Crippen molar-refractivity contribution in [2.24, 2.45) is 0 Å². The fourth-order valence-electron chi connectivity index (χ4n) is 1.59. The molecule has 3 nitrogen and oxygen atoms in total.